The smallest absolute Gasteiger partial charge is 0.333 e. The Morgan fingerprint density at radius 1 is 0.857 bits per heavy atom. The molecular weight excluding hydrogens is 451 g/mol. The van der Waals surface area contributed by atoms with E-state index in [0.717, 1.165) is 24.8 Å². The molecule has 0 saturated heterocycles. The zero-order valence-corrected chi connectivity index (χ0v) is 19.4. The lowest BCUT2D eigenvalue weighted by Crippen LogP contribution is -2.31. The molecule has 1 saturated carbocycles. The first kappa shape index (κ1) is 24.4. The van der Waals surface area contributed by atoms with E-state index in [-0.39, 0.29) is 30.2 Å². The van der Waals surface area contributed by atoms with Crippen LogP contribution < -0.4 is 9.47 Å². The summed E-state index contributed by atoms with van der Waals surface area (Å²) in [6.07, 6.45) is 1.84. The van der Waals surface area contributed by atoms with Crippen molar-refractivity contribution < 1.29 is 33.3 Å². The van der Waals surface area contributed by atoms with Gasteiger partial charge in [0.2, 0.25) is 0 Å². The van der Waals surface area contributed by atoms with Gasteiger partial charge in [-0.15, -0.1) is 0 Å². The van der Waals surface area contributed by atoms with Gasteiger partial charge in [0.15, 0.2) is 11.9 Å². The van der Waals surface area contributed by atoms with E-state index in [2.05, 4.69) is 0 Å². The first-order chi connectivity index (χ1) is 16.9. The molecule has 0 unspecified atom stereocenters. The van der Waals surface area contributed by atoms with Crippen LogP contribution in [0.3, 0.4) is 0 Å². The lowest BCUT2D eigenvalue weighted by molar-refractivity contribution is -0.148. The molecule has 6 nitrogen and oxygen atoms in total. The summed E-state index contributed by atoms with van der Waals surface area (Å²) in [5, 5.41) is 9.14. The van der Waals surface area contributed by atoms with Gasteiger partial charge in [-0.1, -0.05) is 12.1 Å². The van der Waals surface area contributed by atoms with Crippen LogP contribution in [0.1, 0.15) is 40.7 Å². The second kappa shape index (κ2) is 11.1. The molecule has 0 aliphatic heterocycles. The Bertz CT molecular complexity index is 1140. The van der Waals surface area contributed by atoms with Gasteiger partial charge in [-0.25, -0.2) is 9.18 Å². The number of halogens is 1. The van der Waals surface area contributed by atoms with Gasteiger partial charge in [-0.3, -0.25) is 4.79 Å². The van der Waals surface area contributed by atoms with Crippen LogP contribution in [0, 0.1) is 5.82 Å². The van der Waals surface area contributed by atoms with Crippen molar-refractivity contribution in [3.63, 3.8) is 0 Å². The minimum Gasteiger partial charge on any atom is -0.487 e. The molecule has 0 aromatic heterocycles. The summed E-state index contributed by atoms with van der Waals surface area (Å²) in [7, 11) is 1.38. The number of ether oxygens (including phenoxy) is 3. The highest BCUT2D eigenvalue weighted by Crippen LogP contribution is 2.29. The first-order valence-electron chi connectivity index (χ1n) is 11.5. The zero-order chi connectivity index (χ0) is 24.8. The van der Waals surface area contributed by atoms with Gasteiger partial charge in [0.25, 0.3) is 0 Å². The number of carbonyl (C=O) groups excluding carboxylic acids is 1. The molecule has 0 bridgehead atoms. The summed E-state index contributed by atoms with van der Waals surface area (Å²) >= 11 is 0. The Labute approximate surface area is 203 Å². The van der Waals surface area contributed by atoms with E-state index in [9.17, 15) is 14.0 Å². The van der Waals surface area contributed by atoms with Crippen molar-refractivity contribution >= 4 is 11.8 Å². The van der Waals surface area contributed by atoms with E-state index >= 15 is 0 Å². The maximum absolute atomic E-state index is 13.1. The zero-order valence-electron chi connectivity index (χ0n) is 19.4. The van der Waals surface area contributed by atoms with Gasteiger partial charge < -0.3 is 19.3 Å². The summed E-state index contributed by atoms with van der Waals surface area (Å²) in [6, 6.07) is 19.7. The van der Waals surface area contributed by atoms with Crippen molar-refractivity contribution in [1.82, 2.24) is 0 Å². The molecular formula is C28H27FO6. The molecule has 1 aliphatic rings. The highest BCUT2D eigenvalue weighted by Gasteiger charge is 2.31. The fourth-order valence-electron chi connectivity index (χ4n) is 4.15. The van der Waals surface area contributed by atoms with Crippen LogP contribution in [0.15, 0.2) is 72.8 Å². The maximum atomic E-state index is 13.1. The number of hydrogen-bond acceptors (Lipinski definition) is 5. The van der Waals surface area contributed by atoms with Crippen LogP contribution in [0.5, 0.6) is 11.5 Å². The van der Waals surface area contributed by atoms with Crippen molar-refractivity contribution in [3.05, 3.63) is 95.3 Å². The summed E-state index contributed by atoms with van der Waals surface area (Å²) < 4.78 is 30.4. The highest BCUT2D eigenvalue weighted by molar-refractivity contribution is 6.09. The van der Waals surface area contributed by atoms with Crippen molar-refractivity contribution in [3.8, 4) is 11.5 Å². The minimum atomic E-state index is -0.994. The molecule has 1 N–H and O–H groups in total. The summed E-state index contributed by atoms with van der Waals surface area (Å²) in [5.74, 6) is -0.212. The van der Waals surface area contributed by atoms with Gasteiger partial charge in [-0.2, -0.15) is 0 Å². The maximum Gasteiger partial charge on any atom is 0.333 e. The number of aliphatic carboxylic acids is 1. The predicted molar refractivity (Wildman–Crippen MR) is 128 cm³/mol. The van der Waals surface area contributed by atoms with E-state index in [1.54, 1.807) is 24.3 Å². The van der Waals surface area contributed by atoms with E-state index in [1.165, 1.54) is 31.4 Å². The Hall–Kier alpha value is -3.71. The third-order valence-corrected chi connectivity index (χ3v) is 6.09. The quantitative estimate of drug-likeness (QED) is 0.410. The van der Waals surface area contributed by atoms with Crippen LogP contribution in [0.2, 0.25) is 0 Å². The number of carboxylic acids is 1. The first-order valence-corrected chi connectivity index (χ1v) is 11.5. The minimum absolute atomic E-state index is 0.118. The number of hydrogen-bond donors (Lipinski definition) is 1. The molecule has 0 amide bonds. The monoisotopic (exact) mass is 478 g/mol. The largest absolute Gasteiger partial charge is 0.487 e. The molecule has 3 aromatic carbocycles. The van der Waals surface area contributed by atoms with Crippen molar-refractivity contribution in [2.24, 2.45) is 0 Å². The van der Waals surface area contributed by atoms with E-state index in [0.29, 0.717) is 22.6 Å². The van der Waals surface area contributed by atoms with Gasteiger partial charge in [0, 0.05) is 24.7 Å². The van der Waals surface area contributed by atoms with Crippen LogP contribution in [-0.4, -0.2) is 42.3 Å². The number of rotatable bonds is 10. The Kier molecular flexibility index (Phi) is 7.77. The molecule has 3 aromatic rings. The fraction of sp³-hybridized carbons (Fsp3) is 0.286. The highest BCUT2D eigenvalue weighted by atomic mass is 19.1. The molecule has 0 heterocycles. The number of carboxylic acid groups (broad SMARTS) is 1. The summed E-state index contributed by atoms with van der Waals surface area (Å²) in [5.41, 5.74) is 1.78. The average molecular weight is 479 g/mol. The van der Waals surface area contributed by atoms with Crippen molar-refractivity contribution in [1.29, 1.82) is 0 Å². The van der Waals surface area contributed by atoms with E-state index in [1.807, 2.05) is 24.3 Å². The van der Waals surface area contributed by atoms with Crippen LogP contribution in [-0.2, 0) is 16.0 Å². The lowest BCUT2D eigenvalue weighted by Gasteiger charge is -2.23. The predicted octanol–water partition coefficient (Wildman–Crippen LogP) is 5.08. The Balaban J connectivity index is 1.35. The third-order valence-electron chi connectivity index (χ3n) is 6.09. The standard InChI is InChI=1S/C28H27FO6/c1-33-26(28(31)32)17-18-5-13-22(14-6-18)34-24-3-2-4-25(24)35-23-15-9-20(10-16-23)27(30)19-7-11-21(29)12-8-19/h5-16,24-26H,2-4,17H2,1H3,(H,31,32)/t24-,25+,26-/m0/s1. The molecule has 1 aliphatic carbocycles. The van der Waals surface area contributed by atoms with Crippen molar-refractivity contribution in [2.75, 3.05) is 7.11 Å². The van der Waals surface area contributed by atoms with Gasteiger partial charge in [0.1, 0.15) is 29.5 Å². The topological polar surface area (TPSA) is 82.1 Å². The number of benzene rings is 3. The molecule has 7 heteroatoms. The second-order valence-corrected chi connectivity index (χ2v) is 8.51. The molecule has 35 heavy (non-hydrogen) atoms. The number of ketones is 1. The van der Waals surface area contributed by atoms with Gasteiger partial charge in [0.05, 0.1) is 0 Å². The second-order valence-electron chi connectivity index (χ2n) is 8.51. The van der Waals surface area contributed by atoms with Gasteiger partial charge in [-0.05, 0) is 85.5 Å². The van der Waals surface area contributed by atoms with Crippen LogP contribution in [0.25, 0.3) is 0 Å². The van der Waals surface area contributed by atoms with Gasteiger partial charge >= 0.3 is 5.97 Å². The fourth-order valence-corrected chi connectivity index (χ4v) is 4.15. The Morgan fingerprint density at radius 3 is 1.83 bits per heavy atom. The summed E-state index contributed by atoms with van der Waals surface area (Å²) in [4.78, 5) is 23.7. The summed E-state index contributed by atoms with van der Waals surface area (Å²) in [6.45, 7) is 0. The molecule has 0 spiro atoms. The lowest BCUT2D eigenvalue weighted by atomic mass is 10.0. The number of carbonyl (C=O) groups is 2. The average Bonchev–Trinajstić information content (AvgIpc) is 3.30. The third kappa shape index (κ3) is 6.25. The van der Waals surface area contributed by atoms with E-state index in [4.69, 9.17) is 19.3 Å². The van der Waals surface area contributed by atoms with Crippen molar-refractivity contribution in [2.45, 2.75) is 44.0 Å². The Morgan fingerprint density at radius 2 is 1.34 bits per heavy atom. The van der Waals surface area contributed by atoms with E-state index < -0.39 is 12.1 Å². The molecule has 1 fully saturated rings. The normalized spacial score (nSPS) is 18.1. The molecule has 4 rings (SSSR count). The molecule has 182 valence electrons. The molecule has 0 radical (unpaired) electrons. The molecule has 3 atom stereocenters. The SMILES string of the molecule is CO[C@@H](Cc1ccc(O[C@H]2CCC[C@H]2Oc2ccc(C(=O)c3ccc(F)cc3)cc2)cc1)C(=O)O. The van der Waals surface area contributed by atoms with Crippen LogP contribution >= 0.6 is 0 Å². The van der Waals surface area contributed by atoms with Crippen LogP contribution in [0.4, 0.5) is 4.39 Å². The number of methoxy groups -OCH3 is 1.